The molecule has 0 aliphatic heterocycles. The number of hydrogen-bond donors (Lipinski definition) is 3. The first kappa shape index (κ1) is 19.8. The van der Waals surface area contributed by atoms with Crippen molar-refractivity contribution in [3.8, 4) is 39.5 Å². The third-order valence-electron chi connectivity index (χ3n) is 4.57. The van der Waals surface area contributed by atoms with Gasteiger partial charge in [0.1, 0.15) is 18.0 Å². The standard InChI is InChI=1S/C23H17N3O5/c27-19-10-17(12-24-22(19)23(30)25-13-21(28)29)20-11-18(26-31-20)16-8-6-15(7-9-16)14-4-2-1-3-5-14/h1-12,27H,13H2,(H,25,30)(H,28,29). The van der Waals surface area contributed by atoms with Gasteiger partial charge >= 0.3 is 5.97 Å². The molecule has 0 spiro atoms. The SMILES string of the molecule is O=C(O)CNC(=O)c1ncc(-c2cc(-c3ccc(-c4ccccc4)cc3)no2)cc1O. The van der Waals surface area contributed by atoms with E-state index in [1.54, 1.807) is 6.07 Å². The minimum atomic E-state index is -1.20. The number of carboxylic acid groups (broad SMARTS) is 1. The highest BCUT2D eigenvalue weighted by Gasteiger charge is 2.17. The Balaban J connectivity index is 1.53. The van der Waals surface area contributed by atoms with Gasteiger partial charge in [-0.25, -0.2) is 4.98 Å². The van der Waals surface area contributed by atoms with E-state index in [1.807, 2.05) is 54.6 Å². The lowest BCUT2D eigenvalue weighted by atomic mass is 10.0. The molecule has 154 valence electrons. The van der Waals surface area contributed by atoms with Crippen LogP contribution in [0.5, 0.6) is 5.75 Å². The molecule has 0 aliphatic rings. The molecular formula is C23H17N3O5. The van der Waals surface area contributed by atoms with Crippen molar-refractivity contribution in [1.82, 2.24) is 15.5 Å². The number of rotatable bonds is 6. The lowest BCUT2D eigenvalue weighted by Gasteiger charge is -2.05. The van der Waals surface area contributed by atoms with Crippen molar-refractivity contribution in [1.29, 1.82) is 0 Å². The van der Waals surface area contributed by atoms with E-state index in [0.29, 0.717) is 17.0 Å². The van der Waals surface area contributed by atoms with Crippen molar-refractivity contribution in [2.45, 2.75) is 0 Å². The molecule has 0 radical (unpaired) electrons. The van der Waals surface area contributed by atoms with Gasteiger partial charge in [-0.05, 0) is 17.2 Å². The third kappa shape index (κ3) is 4.43. The first-order chi connectivity index (χ1) is 15.0. The van der Waals surface area contributed by atoms with Crippen LogP contribution in [0.4, 0.5) is 0 Å². The zero-order chi connectivity index (χ0) is 21.8. The fourth-order valence-corrected chi connectivity index (χ4v) is 3.01. The molecule has 8 heteroatoms. The molecule has 3 N–H and O–H groups in total. The van der Waals surface area contributed by atoms with Gasteiger partial charge in [-0.2, -0.15) is 0 Å². The van der Waals surface area contributed by atoms with Crippen LogP contribution in [0.15, 0.2) is 77.4 Å². The number of nitrogens with one attached hydrogen (secondary N) is 1. The second-order valence-electron chi connectivity index (χ2n) is 6.69. The molecule has 1 amide bonds. The van der Waals surface area contributed by atoms with Crippen molar-refractivity contribution >= 4 is 11.9 Å². The van der Waals surface area contributed by atoms with Gasteiger partial charge in [0.2, 0.25) is 0 Å². The predicted molar refractivity (Wildman–Crippen MR) is 112 cm³/mol. The Morgan fingerprint density at radius 3 is 2.26 bits per heavy atom. The third-order valence-corrected chi connectivity index (χ3v) is 4.57. The minimum Gasteiger partial charge on any atom is -0.505 e. The summed E-state index contributed by atoms with van der Waals surface area (Å²) < 4.78 is 5.37. The summed E-state index contributed by atoms with van der Waals surface area (Å²) in [5.74, 6) is -2.02. The fraction of sp³-hybridized carbons (Fsp3) is 0.0435. The Kier molecular flexibility index (Phi) is 5.44. The molecule has 0 fully saturated rings. The highest BCUT2D eigenvalue weighted by molar-refractivity contribution is 5.96. The van der Waals surface area contributed by atoms with E-state index in [-0.39, 0.29) is 5.69 Å². The number of nitrogens with zero attached hydrogens (tertiary/aromatic N) is 2. The van der Waals surface area contributed by atoms with Gasteiger partial charge in [-0.1, -0.05) is 59.8 Å². The number of benzene rings is 2. The first-order valence-electron chi connectivity index (χ1n) is 9.33. The summed E-state index contributed by atoms with van der Waals surface area (Å²) in [5.41, 5.74) is 3.81. The van der Waals surface area contributed by atoms with Crippen LogP contribution in [0.25, 0.3) is 33.7 Å². The number of pyridine rings is 1. The molecule has 0 bridgehead atoms. The van der Waals surface area contributed by atoms with Crippen LogP contribution in [0.3, 0.4) is 0 Å². The number of aliphatic carboxylic acids is 1. The maximum absolute atomic E-state index is 11.9. The molecule has 31 heavy (non-hydrogen) atoms. The molecule has 2 aromatic heterocycles. The van der Waals surface area contributed by atoms with Crippen molar-refractivity contribution in [3.05, 3.63) is 78.6 Å². The molecule has 8 nitrogen and oxygen atoms in total. The summed E-state index contributed by atoms with van der Waals surface area (Å²) in [6.07, 6.45) is 1.35. The first-order valence-corrected chi connectivity index (χ1v) is 9.33. The topological polar surface area (TPSA) is 126 Å². The number of carbonyl (C=O) groups excluding carboxylic acids is 1. The molecule has 4 aromatic rings. The maximum Gasteiger partial charge on any atom is 0.322 e. The highest BCUT2D eigenvalue weighted by Crippen LogP contribution is 2.30. The normalized spacial score (nSPS) is 10.6. The van der Waals surface area contributed by atoms with Gasteiger partial charge in [-0.15, -0.1) is 0 Å². The monoisotopic (exact) mass is 415 g/mol. The van der Waals surface area contributed by atoms with E-state index >= 15 is 0 Å². The molecule has 0 atom stereocenters. The minimum absolute atomic E-state index is 0.277. The average molecular weight is 415 g/mol. The van der Waals surface area contributed by atoms with E-state index in [4.69, 9.17) is 9.63 Å². The zero-order valence-corrected chi connectivity index (χ0v) is 16.1. The van der Waals surface area contributed by atoms with E-state index in [2.05, 4.69) is 15.5 Å². The second kappa shape index (κ2) is 8.50. The van der Waals surface area contributed by atoms with Crippen LogP contribution in [-0.4, -0.2) is 38.8 Å². The maximum atomic E-state index is 11.9. The highest BCUT2D eigenvalue weighted by atomic mass is 16.5. The van der Waals surface area contributed by atoms with E-state index in [1.165, 1.54) is 12.3 Å². The average Bonchev–Trinajstić information content (AvgIpc) is 3.28. The number of hydrogen-bond acceptors (Lipinski definition) is 6. The molecule has 0 unspecified atom stereocenters. The summed E-state index contributed by atoms with van der Waals surface area (Å²) >= 11 is 0. The Morgan fingerprint density at radius 2 is 1.58 bits per heavy atom. The zero-order valence-electron chi connectivity index (χ0n) is 16.1. The number of carboxylic acids is 1. The quantitative estimate of drug-likeness (QED) is 0.439. The summed E-state index contributed by atoms with van der Waals surface area (Å²) in [6, 6.07) is 20.9. The van der Waals surface area contributed by atoms with Gasteiger partial charge in [0.05, 0.1) is 0 Å². The second-order valence-corrected chi connectivity index (χ2v) is 6.69. The Morgan fingerprint density at radius 1 is 0.903 bits per heavy atom. The molecule has 0 saturated heterocycles. The van der Waals surface area contributed by atoms with Crippen LogP contribution in [0.2, 0.25) is 0 Å². The summed E-state index contributed by atoms with van der Waals surface area (Å²) in [7, 11) is 0. The smallest absolute Gasteiger partial charge is 0.322 e. The van der Waals surface area contributed by atoms with Gasteiger partial charge in [0, 0.05) is 23.4 Å². The van der Waals surface area contributed by atoms with Crippen LogP contribution in [0.1, 0.15) is 10.5 Å². The predicted octanol–water partition coefficient (Wildman–Crippen LogP) is 3.59. The Hall–Kier alpha value is -4.46. The van der Waals surface area contributed by atoms with Crippen molar-refractivity contribution in [2.24, 2.45) is 0 Å². The number of aromatic nitrogens is 2. The lowest BCUT2D eigenvalue weighted by molar-refractivity contribution is -0.135. The number of amides is 1. The van der Waals surface area contributed by atoms with Crippen molar-refractivity contribution < 1.29 is 24.3 Å². The largest absolute Gasteiger partial charge is 0.505 e. The van der Waals surface area contributed by atoms with Crippen molar-refractivity contribution in [2.75, 3.05) is 6.54 Å². The Labute approximate surface area is 176 Å². The fourth-order valence-electron chi connectivity index (χ4n) is 3.01. The van der Waals surface area contributed by atoms with E-state index in [0.717, 1.165) is 16.7 Å². The number of carbonyl (C=O) groups is 2. The van der Waals surface area contributed by atoms with Crippen LogP contribution < -0.4 is 5.32 Å². The van der Waals surface area contributed by atoms with Gasteiger partial charge < -0.3 is 20.1 Å². The van der Waals surface area contributed by atoms with E-state index < -0.39 is 24.2 Å². The van der Waals surface area contributed by atoms with Gasteiger partial charge in [-0.3, -0.25) is 9.59 Å². The summed E-state index contributed by atoms with van der Waals surface area (Å²) in [6.45, 7) is -0.573. The van der Waals surface area contributed by atoms with Crippen molar-refractivity contribution in [3.63, 3.8) is 0 Å². The Bertz CT molecular complexity index is 1230. The lowest BCUT2D eigenvalue weighted by Crippen LogP contribution is -2.29. The molecular weight excluding hydrogens is 398 g/mol. The van der Waals surface area contributed by atoms with Crippen LogP contribution >= 0.6 is 0 Å². The van der Waals surface area contributed by atoms with Crippen LogP contribution in [-0.2, 0) is 4.79 Å². The van der Waals surface area contributed by atoms with Crippen LogP contribution in [0, 0.1) is 0 Å². The van der Waals surface area contributed by atoms with E-state index in [9.17, 15) is 14.7 Å². The summed E-state index contributed by atoms with van der Waals surface area (Å²) in [4.78, 5) is 26.4. The molecule has 0 saturated carbocycles. The molecule has 2 aromatic carbocycles. The summed E-state index contributed by atoms with van der Waals surface area (Å²) in [5, 5.41) is 25.0. The molecule has 4 rings (SSSR count). The van der Waals surface area contributed by atoms with Gasteiger partial charge in [0.25, 0.3) is 5.91 Å². The van der Waals surface area contributed by atoms with Gasteiger partial charge in [0.15, 0.2) is 11.5 Å². The molecule has 2 heterocycles. The molecule has 0 aliphatic carbocycles. The number of aromatic hydroxyl groups is 1.